The van der Waals surface area contributed by atoms with Crippen molar-refractivity contribution in [2.75, 3.05) is 0 Å². The molecule has 4 aromatic rings. The number of hydrogen-bond acceptors (Lipinski definition) is 2. The van der Waals surface area contributed by atoms with E-state index in [0.717, 1.165) is 33.4 Å². The van der Waals surface area contributed by atoms with E-state index < -0.39 is 0 Å². The minimum Gasteiger partial charge on any atom is -0.294 e. The van der Waals surface area contributed by atoms with Crippen LogP contribution in [0, 0.1) is 11.8 Å². The fraction of sp³-hybridized carbons (Fsp3) is 0.0667. The lowest BCUT2D eigenvalue weighted by atomic mass is 10.0. The van der Waals surface area contributed by atoms with Crippen LogP contribution in [0.2, 0.25) is 0 Å². The molecule has 0 bridgehead atoms. The largest absolute Gasteiger partial charge is 0.294 e. The van der Waals surface area contributed by atoms with Gasteiger partial charge in [-0.15, -0.1) is 0 Å². The fourth-order valence-corrected chi connectivity index (χ4v) is 3.38. The van der Waals surface area contributed by atoms with E-state index in [-0.39, 0.29) is 11.6 Å². The van der Waals surface area contributed by atoms with E-state index in [4.69, 9.17) is 0 Å². The predicted molar refractivity (Wildman–Crippen MR) is 128 cm³/mol. The molecule has 0 N–H and O–H groups in total. The summed E-state index contributed by atoms with van der Waals surface area (Å²) in [6, 6.07) is 34.2. The summed E-state index contributed by atoms with van der Waals surface area (Å²) in [6.45, 7) is 0. The van der Waals surface area contributed by atoms with E-state index in [1.807, 2.05) is 109 Å². The van der Waals surface area contributed by atoms with E-state index >= 15 is 0 Å². The molecule has 154 valence electrons. The van der Waals surface area contributed by atoms with Gasteiger partial charge in [-0.25, -0.2) is 0 Å². The smallest absolute Gasteiger partial charge is 0.167 e. The summed E-state index contributed by atoms with van der Waals surface area (Å²) in [5.74, 6) is 6.53. The highest BCUT2D eigenvalue weighted by molar-refractivity contribution is 5.98. The Hall–Kier alpha value is -4.22. The van der Waals surface area contributed by atoms with Gasteiger partial charge in [-0.3, -0.25) is 9.59 Å². The molecule has 0 saturated carbocycles. The highest BCUT2D eigenvalue weighted by Gasteiger charge is 2.07. The Morgan fingerprint density at radius 2 is 0.812 bits per heavy atom. The molecule has 0 saturated heterocycles. The molecule has 0 unspecified atom stereocenters. The van der Waals surface area contributed by atoms with Crippen LogP contribution in [0.5, 0.6) is 0 Å². The van der Waals surface area contributed by atoms with E-state index in [1.165, 1.54) is 0 Å². The monoisotopic (exact) mass is 414 g/mol. The van der Waals surface area contributed by atoms with Crippen molar-refractivity contribution in [3.8, 4) is 11.8 Å². The van der Waals surface area contributed by atoms with Gasteiger partial charge in [-0.1, -0.05) is 96.8 Å². The Kier molecular flexibility index (Phi) is 6.70. The SMILES string of the molecule is O=C(Cc1ccc(C#Cc2ccc(CC(=O)c3ccccc3)cc2)cc1)c1ccccc1. The van der Waals surface area contributed by atoms with Crippen molar-refractivity contribution in [3.63, 3.8) is 0 Å². The maximum atomic E-state index is 12.3. The Morgan fingerprint density at radius 1 is 0.469 bits per heavy atom. The molecule has 0 aromatic heterocycles. The molecule has 2 heteroatoms. The van der Waals surface area contributed by atoms with Crippen molar-refractivity contribution in [2.24, 2.45) is 0 Å². The molecule has 2 nitrogen and oxygen atoms in total. The number of Topliss-reactive ketones (excluding diaryl/α,β-unsaturated/α-hetero) is 2. The summed E-state index contributed by atoms with van der Waals surface area (Å²) < 4.78 is 0. The molecular formula is C30H22O2. The first-order valence-electron chi connectivity index (χ1n) is 10.5. The van der Waals surface area contributed by atoms with Gasteiger partial charge >= 0.3 is 0 Å². The van der Waals surface area contributed by atoms with E-state index in [0.29, 0.717) is 12.8 Å². The molecule has 0 radical (unpaired) electrons. The normalized spacial score (nSPS) is 10.1. The standard InChI is InChI=1S/C30H22O2/c31-29(27-7-3-1-4-8-27)21-25-17-13-23(14-18-25)11-12-24-15-19-26(20-16-24)22-30(32)28-9-5-2-6-10-28/h1-10,13-20H,21-22H2. The molecule has 4 aromatic carbocycles. The van der Waals surface area contributed by atoms with Crippen LogP contribution in [0.4, 0.5) is 0 Å². The topological polar surface area (TPSA) is 34.1 Å². The number of carbonyl (C=O) groups excluding carboxylic acids is 2. The van der Waals surface area contributed by atoms with Crippen LogP contribution in [0.1, 0.15) is 43.0 Å². The molecule has 0 aliphatic rings. The molecule has 0 spiro atoms. The van der Waals surface area contributed by atoms with Crippen molar-refractivity contribution in [1.82, 2.24) is 0 Å². The summed E-state index contributed by atoms with van der Waals surface area (Å²) in [6.07, 6.45) is 0.752. The van der Waals surface area contributed by atoms with E-state index in [2.05, 4.69) is 11.8 Å². The average Bonchev–Trinajstić information content (AvgIpc) is 2.85. The van der Waals surface area contributed by atoms with Gasteiger partial charge in [0.1, 0.15) is 0 Å². The van der Waals surface area contributed by atoms with Crippen LogP contribution in [-0.4, -0.2) is 11.6 Å². The third kappa shape index (κ3) is 5.68. The molecule has 0 heterocycles. The summed E-state index contributed by atoms with van der Waals surface area (Å²) in [5.41, 5.74) is 5.18. The molecule has 0 atom stereocenters. The summed E-state index contributed by atoms with van der Waals surface area (Å²) in [4.78, 5) is 24.7. The first-order valence-corrected chi connectivity index (χ1v) is 10.5. The molecule has 0 amide bonds. The molecule has 0 aliphatic carbocycles. The van der Waals surface area contributed by atoms with Crippen molar-refractivity contribution in [2.45, 2.75) is 12.8 Å². The second kappa shape index (κ2) is 10.2. The molecule has 0 fully saturated rings. The number of hydrogen-bond donors (Lipinski definition) is 0. The highest BCUT2D eigenvalue weighted by Crippen LogP contribution is 2.11. The molecular weight excluding hydrogens is 392 g/mol. The van der Waals surface area contributed by atoms with Crippen molar-refractivity contribution < 1.29 is 9.59 Å². The van der Waals surface area contributed by atoms with Crippen LogP contribution >= 0.6 is 0 Å². The molecule has 4 rings (SSSR count). The lowest BCUT2D eigenvalue weighted by Crippen LogP contribution is -2.03. The zero-order valence-electron chi connectivity index (χ0n) is 17.6. The van der Waals surface area contributed by atoms with Crippen LogP contribution in [-0.2, 0) is 12.8 Å². The number of rotatable bonds is 6. The fourth-order valence-electron chi connectivity index (χ4n) is 3.38. The van der Waals surface area contributed by atoms with Gasteiger partial charge in [-0.05, 0) is 35.4 Å². The van der Waals surface area contributed by atoms with Gasteiger partial charge in [0, 0.05) is 35.1 Å². The minimum atomic E-state index is 0.107. The first kappa shape index (κ1) is 21.0. The van der Waals surface area contributed by atoms with Gasteiger partial charge in [0.15, 0.2) is 11.6 Å². The lowest BCUT2D eigenvalue weighted by Gasteiger charge is -2.02. The maximum absolute atomic E-state index is 12.3. The zero-order valence-corrected chi connectivity index (χ0v) is 17.6. The Morgan fingerprint density at radius 3 is 1.16 bits per heavy atom. The van der Waals surface area contributed by atoms with Gasteiger partial charge < -0.3 is 0 Å². The van der Waals surface area contributed by atoms with Crippen LogP contribution in [0.25, 0.3) is 0 Å². The Bertz CT molecular complexity index is 1160. The quantitative estimate of drug-likeness (QED) is 0.289. The molecule has 32 heavy (non-hydrogen) atoms. The third-order valence-corrected chi connectivity index (χ3v) is 5.18. The second-order valence-electron chi connectivity index (χ2n) is 7.58. The number of ketones is 2. The lowest BCUT2D eigenvalue weighted by molar-refractivity contribution is 0.0984. The van der Waals surface area contributed by atoms with Crippen LogP contribution < -0.4 is 0 Å². The zero-order chi connectivity index (χ0) is 22.2. The van der Waals surface area contributed by atoms with Crippen molar-refractivity contribution >= 4 is 11.6 Å². The van der Waals surface area contributed by atoms with Gasteiger partial charge in [0.05, 0.1) is 0 Å². The maximum Gasteiger partial charge on any atom is 0.167 e. The summed E-state index contributed by atoms with van der Waals surface area (Å²) in [7, 11) is 0. The number of carbonyl (C=O) groups is 2. The van der Waals surface area contributed by atoms with Crippen molar-refractivity contribution in [3.05, 3.63) is 143 Å². The number of benzene rings is 4. The Labute approximate surface area is 188 Å². The van der Waals surface area contributed by atoms with Gasteiger partial charge in [-0.2, -0.15) is 0 Å². The van der Waals surface area contributed by atoms with Gasteiger partial charge in [0.25, 0.3) is 0 Å². The van der Waals surface area contributed by atoms with Gasteiger partial charge in [0.2, 0.25) is 0 Å². The average molecular weight is 415 g/mol. The van der Waals surface area contributed by atoms with Crippen LogP contribution in [0.3, 0.4) is 0 Å². The second-order valence-corrected chi connectivity index (χ2v) is 7.58. The summed E-state index contributed by atoms with van der Waals surface area (Å²) in [5, 5.41) is 0. The highest BCUT2D eigenvalue weighted by atomic mass is 16.1. The van der Waals surface area contributed by atoms with E-state index in [9.17, 15) is 9.59 Å². The van der Waals surface area contributed by atoms with E-state index in [1.54, 1.807) is 0 Å². The first-order chi connectivity index (χ1) is 15.7. The van der Waals surface area contributed by atoms with Crippen molar-refractivity contribution in [1.29, 1.82) is 0 Å². The Balaban J connectivity index is 1.36. The predicted octanol–water partition coefficient (Wildman–Crippen LogP) is 5.94. The summed E-state index contributed by atoms with van der Waals surface area (Å²) >= 11 is 0. The van der Waals surface area contributed by atoms with Crippen LogP contribution in [0.15, 0.2) is 109 Å². The molecule has 0 aliphatic heterocycles. The minimum absolute atomic E-state index is 0.107. The third-order valence-electron chi connectivity index (χ3n) is 5.18.